The van der Waals surface area contributed by atoms with Crippen LogP contribution in [0, 0.1) is 5.92 Å². The Hall–Kier alpha value is -0.0800. The van der Waals surface area contributed by atoms with Gasteiger partial charge in [-0.3, -0.25) is 0 Å². The Morgan fingerprint density at radius 3 is 2.82 bits per heavy atom. The van der Waals surface area contributed by atoms with Crippen molar-refractivity contribution < 1.29 is 5.11 Å². The zero-order valence-electron chi connectivity index (χ0n) is 7.51. The molecule has 0 aliphatic carbocycles. The number of nitrogens with one attached hydrogen (secondary N) is 1. The van der Waals surface area contributed by atoms with Crippen LogP contribution in [0.4, 0.5) is 0 Å². The van der Waals surface area contributed by atoms with Gasteiger partial charge in [-0.05, 0) is 31.7 Å². The topological polar surface area (TPSA) is 32.3 Å². The molecule has 0 aromatic heterocycles. The highest BCUT2D eigenvalue weighted by Crippen LogP contribution is 2.18. The Morgan fingerprint density at radius 2 is 2.36 bits per heavy atom. The Morgan fingerprint density at radius 1 is 1.64 bits per heavy atom. The van der Waals surface area contributed by atoms with Crippen molar-refractivity contribution in [3.05, 3.63) is 0 Å². The van der Waals surface area contributed by atoms with Crippen LogP contribution in [0.25, 0.3) is 0 Å². The maximum absolute atomic E-state index is 9.55. The predicted molar refractivity (Wildman–Crippen MR) is 46.5 cm³/mol. The summed E-state index contributed by atoms with van der Waals surface area (Å²) in [7, 11) is 0. The van der Waals surface area contributed by atoms with E-state index in [0.29, 0.717) is 12.0 Å². The Bertz CT molecular complexity index is 110. The molecule has 1 rings (SSSR count). The minimum atomic E-state index is -0.120. The van der Waals surface area contributed by atoms with Crippen molar-refractivity contribution in [3.8, 4) is 0 Å². The summed E-state index contributed by atoms with van der Waals surface area (Å²) in [5.41, 5.74) is 0. The third-order valence-electron chi connectivity index (χ3n) is 2.76. The summed E-state index contributed by atoms with van der Waals surface area (Å²) in [5, 5.41) is 13.0. The monoisotopic (exact) mass is 157 g/mol. The summed E-state index contributed by atoms with van der Waals surface area (Å²) >= 11 is 0. The lowest BCUT2D eigenvalue weighted by Gasteiger charge is -2.23. The molecule has 3 atom stereocenters. The Balaban J connectivity index is 2.32. The third-order valence-corrected chi connectivity index (χ3v) is 2.76. The number of aliphatic hydroxyl groups is 1. The molecule has 2 N–H and O–H groups in total. The van der Waals surface area contributed by atoms with Gasteiger partial charge in [-0.15, -0.1) is 0 Å². The largest absolute Gasteiger partial charge is 0.393 e. The lowest BCUT2D eigenvalue weighted by Crippen LogP contribution is -2.35. The molecular weight excluding hydrogens is 138 g/mol. The predicted octanol–water partition coefficient (Wildman–Crippen LogP) is 1.15. The van der Waals surface area contributed by atoms with Crippen molar-refractivity contribution in [1.82, 2.24) is 5.32 Å². The number of rotatable bonds is 3. The summed E-state index contributed by atoms with van der Waals surface area (Å²) in [6.07, 6.45) is 3.26. The molecule has 11 heavy (non-hydrogen) atoms. The number of aliphatic hydroxyl groups excluding tert-OH is 1. The Labute approximate surface area is 69.0 Å². The second-order valence-corrected chi connectivity index (χ2v) is 3.54. The van der Waals surface area contributed by atoms with Crippen LogP contribution in [0.3, 0.4) is 0 Å². The smallest absolute Gasteiger partial charge is 0.0578 e. The molecule has 1 aliphatic rings. The maximum Gasteiger partial charge on any atom is 0.0578 e. The molecule has 0 radical (unpaired) electrons. The van der Waals surface area contributed by atoms with Crippen molar-refractivity contribution >= 4 is 0 Å². The quantitative estimate of drug-likeness (QED) is 0.644. The van der Waals surface area contributed by atoms with Gasteiger partial charge in [-0.25, -0.2) is 0 Å². The van der Waals surface area contributed by atoms with Gasteiger partial charge in [-0.1, -0.05) is 13.8 Å². The van der Waals surface area contributed by atoms with Gasteiger partial charge in [0.25, 0.3) is 0 Å². The normalized spacial score (nSPS) is 30.3. The zero-order chi connectivity index (χ0) is 8.27. The average Bonchev–Trinajstić information content (AvgIpc) is 2.53. The van der Waals surface area contributed by atoms with Gasteiger partial charge in [0, 0.05) is 6.04 Å². The van der Waals surface area contributed by atoms with Crippen LogP contribution in [-0.4, -0.2) is 23.8 Å². The zero-order valence-corrected chi connectivity index (χ0v) is 7.51. The molecule has 1 fully saturated rings. The van der Waals surface area contributed by atoms with Gasteiger partial charge in [0.15, 0.2) is 0 Å². The SMILES string of the molecule is CCC(O)C(C)C1CCCN1. The van der Waals surface area contributed by atoms with E-state index in [-0.39, 0.29) is 6.10 Å². The summed E-state index contributed by atoms with van der Waals surface area (Å²) in [6, 6.07) is 0.560. The lowest BCUT2D eigenvalue weighted by atomic mass is 9.93. The first-order valence-corrected chi connectivity index (χ1v) is 4.67. The van der Waals surface area contributed by atoms with E-state index in [1.165, 1.54) is 12.8 Å². The molecule has 1 aliphatic heterocycles. The molecule has 2 heteroatoms. The Kier molecular flexibility index (Phi) is 3.34. The average molecular weight is 157 g/mol. The molecule has 0 amide bonds. The first-order chi connectivity index (χ1) is 5.25. The highest BCUT2D eigenvalue weighted by atomic mass is 16.3. The molecule has 66 valence electrons. The molecule has 3 unspecified atom stereocenters. The lowest BCUT2D eigenvalue weighted by molar-refractivity contribution is 0.0944. The van der Waals surface area contributed by atoms with Gasteiger partial charge >= 0.3 is 0 Å². The van der Waals surface area contributed by atoms with Gasteiger partial charge < -0.3 is 10.4 Å². The van der Waals surface area contributed by atoms with Crippen molar-refractivity contribution in [2.24, 2.45) is 5.92 Å². The van der Waals surface area contributed by atoms with Crippen LogP contribution >= 0.6 is 0 Å². The minimum Gasteiger partial charge on any atom is -0.393 e. The fourth-order valence-electron chi connectivity index (χ4n) is 1.80. The van der Waals surface area contributed by atoms with Crippen LogP contribution in [0.1, 0.15) is 33.1 Å². The van der Waals surface area contributed by atoms with E-state index in [0.717, 1.165) is 13.0 Å². The van der Waals surface area contributed by atoms with Crippen molar-refractivity contribution in [2.75, 3.05) is 6.54 Å². The summed E-state index contributed by atoms with van der Waals surface area (Å²) in [4.78, 5) is 0. The summed E-state index contributed by atoms with van der Waals surface area (Å²) in [6.45, 7) is 5.30. The second-order valence-electron chi connectivity index (χ2n) is 3.54. The third kappa shape index (κ3) is 2.17. The number of hydrogen-bond acceptors (Lipinski definition) is 2. The van der Waals surface area contributed by atoms with Gasteiger partial charge in [-0.2, -0.15) is 0 Å². The molecular formula is C9H19NO. The maximum atomic E-state index is 9.55. The highest BCUT2D eigenvalue weighted by molar-refractivity contribution is 4.82. The fraction of sp³-hybridized carbons (Fsp3) is 1.00. The van der Waals surface area contributed by atoms with E-state index in [1.807, 2.05) is 6.92 Å². The summed E-state index contributed by atoms with van der Waals surface area (Å²) in [5.74, 6) is 0.419. The molecule has 1 heterocycles. The van der Waals surface area contributed by atoms with Crippen molar-refractivity contribution in [3.63, 3.8) is 0 Å². The van der Waals surface area contributed by atoms with E-state index in [9.17, 15) is 5.11 Å². The van der Waals surface area contributed by atoms with Gasteiger partial charge in [0.1, 0.15) is 0 Å². The second kappa shape index (κ2) is 4.07. The molecule has 0 saturated carbocycles. The minimum absolute atomic E-state index is 0.120. The van der Waals surface area contributed by atoms with Crippen LogP contribution in [-0.2, 0) is 0 Å². The van der Waals surface area contributed by atoms with E-state index in [2.05, 4.69) is 12.2 Å². The van der Waals surface area contributed by atoms with Crippen LogP contribution < -0.4 is 5.32 Å². The molecule has 0 bridgehead atoms. The summed E-state index contributed by atoms with van der Waals surface area (Å²) < 4.78 is 0. The van der Waals surface area contributed by atoms with Crippen molar-refractivity contribution in [1.29, 1.82) is 0 Å². The van der Waals surface area contributed by atoms with Crippen LogP contribution in [0.2, 0.25) is 0 Å². The molecule has 0 aromatic rings. The molecule has 0 aromatic carbocycles. The van der Waals surface area contributed by atoms with E-state index >= 15 is 0 Å². The van der Waals surface area contributed by atoms with E-state index in [4.69, 9.17) is 0 Å². The van der Waals surface area contributed by atoms with E-state index < -0.39 is 0 Å². The first kappa shape index (κ1) is 9.01. The van der Waals surface area contributed by atoms with Crippen LogP contribution in [0.5, 0.6) is 0 Å². The van der Waals surface area contributed by atoms with Crippen LogP contribution in [0.15, 0.2) is 0 Å². The molecule has 0 spiro atoms. The number of hydrogen-bond donors (Lipinski definition) is 2. The molecule has 1 saturated heterocycles. The first-order valence-electron chi connectivity index (χ1n) is 4.67. The van der Waals surface area contributed by atoms with E-state index in [1.54, 1.807) is 0 Å². The highest BCUT2D eigenvalue weighted by Gasteiger charge is 2.25. The fourth-order valence-corrected chi connectivity index (χ4v) is 1.80. The van der Waals surface area contributed by atoms with Crippen molar-refractivity contribution in [2.45, 2.75) is 45.3 Å². The standard InChI is InChI=1S/C9H19NO/c1-3-9(11)7(2)8-5-4-6-10-8/h7-11H,3-6H2,1-2H3. The van der Waals surface area contributed by atoms with Gasteiger partial charge in [0.2, 0.25) is 0 Å². The van der Waals surface area contributed by atoms with Gasteiger partial charge in [0.05, 0.1) is 6.10 Å². The molecule has 2 nitrogen and oxygen atoms in total.